The van der Waals surface area contributed by atoms with Crippen LogP contribution in [-0.2, 0) is 11.3 Å². The smallest absolute Gasteiger partial charge is 0.277 e. The standard InChI is InChI=1S/C21H25BrN2O5/c1-5-6-9-23-15(21(26)24-10-7-8-14(22)20(24)25)11-13-12-16(27-2)18(28-3)19(29-4)17(13)23/h8,11-12H,5-7,9-10H2,1-4H3. The van der Waals surface area contributed by atoms with Gasteiger partial charge in [-0.05, 0) is 40.9 Å². The SMILES string of the molecule is CCCCn1c(C(=O)N2CCC=C(Br)C2=O)cc2cc(OC)c(OC)c(OC)c21. The van der Waals surface area contributed by atoms with Crippen LogP contribution in [0.3, 0.4) is 0 Å². The second kappa shape index (κ2) is 8.90. The molecule has 0 spiro atoms. The van der Waals surface area contributed by atoms with Crippen molar-refractivity contribution < 1.29 is 23.8 Å². The molecule has 0 N–H and O–H groups in total. The fourth-order valence-corrected chi connectivity index (χ4v) is 4.03. The molecule has 1 aliphatic heterocycles. The van der Waals surface area contributed by atoms with Crippen molar-refractivity contribution in [3.8, 4) is 17.2 Å². The summed E-state index contributed by atoms with van der Waals surface area (Å²) in [6.45, 7) is 3.06. The summed E-state index contributed by atoms with van der Waals surface area (Å²) in [6.07, 6.45) is 4.24. The minimum Gasteiger partial charge on any atom is -0.493 e. The predicted octanol–water partition coefficient (Wildman–Crippen LogP) is 4.12. The Morgan fingerprint density at radius 2 is 1.86 bits per heavy atom. The Hall–Kier alpha value is -2.48. The maximum atomic E-state index is 13.4. The van der Waals surface area contributed by atoms with Crippen LogP contribution in [0.2, 0.25) is 0 Å². The maximum Gasteiger partial charge on any atom is 0.277 e. The van der Waals surface area contributed by atoms with E-state index >= 15 is 0 Å². The molecule has 156 valence electrons. The number of carbonyl (C=O) groups excluding carboxylic acids is 2. The summed E-state index contributed by atoms with van der Waals surface area (Å²) in [5.41, 5.74) is 1.19. The lowest BCUT2D eigenvalue weighted by molar-refractivity contribution is -0.124. The Kier molecular flexibility index (Phi) is 6.52. The molecular formula is C21H25BrN2O5. The summed E-state index contributed by atoms with van der Waals surface area (Å²) >= 11 is 3.25. The van der Waals surface area contributed by atoms with E-state index in [4.69, 9.17) is 14.2 Å². The van der Waals surface area contributed by atoms with Gasteiger partial charge in [-0.2, -0.15) is 0 Å². The number of hydrogen-bond donors (Lipinski definition) is 0. The molecule has 7 nitrogen and oxygen atoms in total. The van der Waals surface area contributed by atoms with Gasteiger partial charge in [-0.15, -0.1) is 0 Å². The number of aromatic nitrogens is 1. The van der Waals surface area contributed by atoms with Crippen LogP contribution in [-0.4, -0.2) is 49.2 Å². The minimum atomic E-state index is -0.327. The van der Waals surface area contributed by atoms with E-state index in [0.717, 1.165) is 23.7 Å². The molecule has 3 rings (SSSR count). The van der Waals surface area contributed by atoms with Crippen LogP contribution in [0, 0.1) is 0 Å². The second-order valence-electron chi connectivity index (χ2n) is 6.72. The van der Waals surface area contributed by atoms with E-state index in [1.54, 1.807) is 33.5 Å². The molecule has 8 heteroatoms. The number of hydrogen-bond acceptors (Lipinski definition) is 5. The van der Waals surface area contributed by atoms with E-state index in [1.165, 1.54) is 4.90 Å². The molecule has 2 amide bonds. The first-order valence-corrected chi connectivity index (χ1v) is 10.3. The highest BCUT2D eigenvalue weighted by atomic mass is 79.9. The van der Waals surface area contributed by atoms with Crippen molar-refractivity contribution in [3.05, 3.63) is 28.4 Å². The normalized spacial score (nSPS) is 14.2. The Morgan fingerprint density at radius 3 is 2.48 bits per heavy atom. The first-order valence-electron chi connectivity index (χ1n) is 9.52. The van der Waals surface area contributed by atoms with Crippen LogP contribution in [0.25, 0.3) is 10.9 Å². The monoisotopic (exact) mass is 464 g/mol. The molecule has 1 aromatic carbocycles. The van der Waals surface area contributed by atoms with E-state index in [0.29, 0.717) is 46.9 Å². The third kappa shape index (κ3) is 3.73. The summed E-state index contributed by atoms with van der Waals surface area (Å²) in [6, 6.07) is 3.61. The van der Waals surface area contributed by atoms with Gasteiger partial charge in [-0.1, -0.05) is 19.4 Å². The predicted molar refractivity (Wildman–Crippen MR) is 114 cm³/mol. The Morgan fingerprint density at radius 1 is 1.14 bits per heavy atom. The van der Waals surface area contributed by atoms with Crippen molar-refractivity contribution in [1.29, 1.82) is 0 Å². The highest BCUT2D eigenvalue weighted by Crippen LogP contribution is 2.44. The topological polar surface area (TPSA) is 70.0 Å². The van der Waals surface area contributed by atoms with Crippen LogP contribution in [0.4, 0.5) is 0 Å². The number of ether oxygens (including phenoxy) is 3. The average Bonchev–Trinajstić information content (AvgIpc) is 3.10. The number of halogens is 1. The quantitative estimate of drug-likeness (QED) is 0.576. The highest BCUT2D eigenvalue weighted by Gasteiger charge is 2.31. The zero-order valence-electron chi connectivity index (χ0n) is 17.1. The number of methoxy groups -OCH3 is 3. The molecule has 0 bridgehead atoms. The van der Waals surface area contributed by atoms with Gasteiger partial charge in [0, 0.05) is 18.5 Å². The van der Waals surface area contributed by atoms with E-state index in [-0.39, 0.29) is 11.8 Å². The van der Waals surface area contributed by atoms with Gasteiger partial charge in [0.25, 0.3) is 11.8 Å². The Balaban J connectivity index is 2.22. The van der Waals surface area contributed by atoms with Crippen LogP contribution in [0.15, 0.2) is 22.7 Å². The summed E-state index contributed by atoms with van der Waals surface area (Å²) in [4.78, 5) is 27.2. The lowest BCUT2D eigenvalue weighted by atomic mass is 10.2. The van der Waals surface area contributed by atoms with Gasteiger partial charge in [0.05, 0.1) is 31.3 Å². The molecule has 0 saturated heterocycles. The number of unbranched alkanes of at least 4 members (excludes halogenated alkanes) is 1. The molecule has 1 aliphatic rings. The molecule has 2 heterocycles. The molecule has 0 aliphatic carbocycles. The number of fused-ring (bicyclic) bond motifs is 1. The highest BCUT2D eigenvalue weighted by molar-refractivity contribution is 9.12. The minimum absolute atomic E-state index is 0.323. The molecule has 29 heavy (non-hydrogen) atoms. The average molecular weight is 465 g/mol. The van der Waals surface area contributed by atoms with Crippen molar-refractivity contribution in [2.75, 3.05) is 27.9 Å². The van der Waals surface area contributed by atoms with E-state index in [2.05, 4.69) is 22.9 Å². The van der Waals surface area contributed by atoms with Gasteiger partial charge in [0.1, 0.15) is 5.69 Å². The number of benzene rings is 1. The Labute approximate surface area is 178 Å². The fourth-order valence-electron chi connectivity index (χ4n) is 3.59. The summed E-state index contributed by atoms with van der Waals surface area (Å²) < 4.78 is 18.9. The summed E-state index contributed by atoms with van der Waals surface area (Å²) in [5.74, 6) is 0.839. The van der Waals surface area contributed by atoms with Crippen LogP contribution < -0.4 is 14.2 Å². The zero-order valence-corrected chi connectivity index (χ0v) is 18.7. The fraction of sp³-hybridized carbons (Fsp3) is 0.429. The molecular weight excluding hydrogens is 440 g/mol. The molecule has 1 aromatic heterocycles. The van der Waals surface area contributed by atoms with Gasteiger partial charge >= 0.3 is 0 Å². The third-order valence-electron chi connectivity index (χ3n) is 5.01. The van der Waals surface area contributed by atoms with Gasteiger partial charge in [-0.25, -0.2) is 0 Å². The number of aryl methyl sites for hydroxylation is 1. The number of rotatable bonds is 7. The molecule has 0 atom stereocenters. The van der Waals surface area contributed by atoms with Gasteiger partial charge < -0.3 is 18.8 Å². The van der Waals surface area contributed by atoms with Crippen LogP contribution >= 0.6 is 15.9 Å². The lowest BCUT2D eigenvalue weighted by Crippen LogP contribution is -2.40. The second-order valence-corrected chi connectivity index (χ2v) is 7.57. The molecule has 0 fully saturated rings. The van der Waals surface area contributed by atoms with E-state index < -0.39 is 0 Å². The van der Waals surface area contributed by atoms with Crippen LogP contribution in [0.1, 0.15) is 36.7 Å². The first kappa shape index (κ1) is 21.2. The maximum absolute atomic E-state index is 13.4. The molecule has 0 radical (unpaired) electrons. The van der Waals surface area contributed by atoms with Crippen molar-refractivity contribution in [2.45, 2.75) is 32.7 Å². The molecule has 0 saturated carbocycles. The van der Waals surface area contributed by atoms with Crippen molar-refractivity contribution >= 4 is 38.6 Å². The molecule has 2 aromatic rings. The largest absolute Gasteiger partial charge is 0.493 e. The van der Waals surface area contributed by atoms with Gasteiger partial charge in [-0.3, -0.25) is 14.5 Å². The van der Waals surface area contributed by atoms with Gasteiger partial charge in [0.2, 0.25) is 5.75 Å². The number of amides is 2. The third-order valence-corrected chi connectivity index (χ3v) is 5.67. The van der Waals surface area contributed by atoms with Crippen LogP contribution in [0.5, 0.6) is 17.2 Å². The number of carbonyl (C=O) groups is 2. The van der Waals surface area contributed by atoms with Crippen molar-refractivity contribution in [1.82, 2.24) is 9.47 Å². The summed E-state index contributed by atoms with van der Waals surface area (Å²) in [7, 11) is 4.67. The lowest BCUT2D eigenvalue weighted by Gasteiger charge is -2.24. The molecule has 0 unspecified atom stereocenters. The van der Waals surface area contributed by atoms with Crippen molar-refractivity contribution in [2.24, 2.45) is 0 Å². The number of nitrogens with zero attached hydrogens (tertiary/aromatic N) is 2. The van der Waals surface area contributed by atoms with Crippen molar-refractivity contribution in [3.63, 3.8) is 0 Å². The first-order chi connectivity index (χ1) is 14.0. The number of imide groups is 1. The van der Waals surface area contributed by atoms with E-state index in [1.807, 2.05) is 10.6 Å². The zero-order chi connectivity index (χ0) is 21.1. The van der Waals surface area contributed by atoms with Gasteiger partial charge in [0.15, 0.2) is 11.5 Å². The Bertz CT molecular complexity index is 979. The summed E-state index contributed by atoms with van der Waals surface area (Å²) in [5, 5.41) is 0.790. The van der Waals surface area contributed by atoms with E-state index in [9.17, 15) is 9.59 Å².